The van der Waals surface area contributed by atoms with E-state index in [9.17, 15) is 5.11 Å². The van der Waals surface area contributed by atoms with Gasteiger partial charge >= 0.3 is 0 Å². The SMILES string of the molecule is CCCN(CCC)[C@H]1CCc2ccccc2[C@]1(C)O.Cl. The average molecular weight is 298 g/mol. The summed E-state index contributed by atoms with van der Waals surface area (Å²) in [5.74, 6) is 0. The Bertz CT molecular complexity index is 413. The van der Waals surface area contributed by atoms with Gasteiger partial charge < -0.3 is 5.11 Å². The van der Waals surface area contributed by atoms with Gasteiger partial charge in [-0.25, -0.2) is 0 Å². The van der Waals surface area contributed by atoms with Crippen molar-refractivity contribution in [3.05, 3.63) is 35.4 Å². The minimum Gasteiger partial charge on any atom is -0.384 e. The lowest BCUT2D eigenvalue weighted by molar-refractivity contribution is -0.0495. The molecular formula is C17H28ClNO. The van der Waals surface area contributed by atoms with E-state index in [0.717, 1.165) is 44.3 Å². The topological polar surface area (TPSA) is 23.5 Å². The third-order valence-corrected chi connectivity index (χ3v) is 4.36. The van der Waals surface area contributed by atoms with Crippen molar-refractivity contribution in [3.63, 3.8) is 0 Å². The third kappa shape index (κ3) is 3.36. The first-order valence-corrected chi connectivity index (χ1v) is 7.66. The van der Waals surface area contributed by atoms with Crippen LogP contribution in [0.2, 0.25) is 0 Å². The zero-order valence-corrected chi connectivity index (χ0v) is 13.7. The molecule has 1 N–H and O–H groups in total. The fraction of sp³-hybridized carbons (Fsp3) is 0.647. The van der Waals surface area contributed by atoms with Crippen LogP contribution in [0.15, 0.2) is 24.3 Å². The molecule has 0 saturated carbocycles. The van der Waals surface area contributed by atoms with Gasteiger partial charge in [0.05, 0.1) is 0 Å². The molecule has 0 fully saturated rings. The molecule has 114 valence electrons. The van der Waals surface area contributed by atoms with Crippen molar-refractivity contribution in [2.24, 2.45) is 0 Å². The van der Waals surface area contributed by atoms with Gasteiger partial charge in [0.1, 0.15) is 5.60 Å². The highest BCUT2D eigenvalue weighted by molar-refractivity contribution is 5.85. The summed E-state index contributed by atoms with van der Waals surface area (Å²) in [5, 5.41) is 11.1. The molecule has 1 aliphatic carbocycles. The van der Waals surface area contributed by atoms with Gasteiger partial charge in [0.15, 0.2) is 0 Å². The van der Waals surface area contributed by atoms with Crippen LogP contribution in [0.3, 0.4) is 0 Å². The number of halogens is 1. The van der Waals surface area contributed by atoms with Crippen LogP contribution in [0.25, 0.3) is 0 Å². The molecule has 20 heavy (non-hydrogen) atoms. The highest BCUT2D eigenvalue weighted by atomic mass is 35.5. The molecule has 0 saturated heterocycles. The van der Waals surface area contributed by atoms with Gasteiger partial charge in [-0.1, -0.05) is 38.1 Å². The molecule has 2 atom stereocenters. The molecule has 0 aromatic heterocycles. The maximum Gasteiger partial charge on any atom is 0.103 e. The summed E-state index contributed by atoms with van der Waals surface area (Å²) in [5.41, 5.74) is 1.72. The van der Waals surface area contributed by atoms with Crippen LogP contribution in [0.1, 0.15) is 51.2 Å². The minimum absolute atomic E-state index is 0. The molecule has 1 aromatic rings. The summed E-state index contributed by atoms with van der Waals surface area (Å²) in [7, 11) is 0. The molecule has 3 heteroatoms. The lowest BCUT2D eigenvalue weighted by Crippen LogP contribution is -2.52. The minimum atomic E-state index is -0.723. The van der Waals surface area contributed by atoms with Crippen LogP contribution in [0.5, 0.6) is 0 Å². The van der Waals surface area contributed by atoms with E-state index >= 15 is 0 Å². The van der Waals surface area contributed by atoms with E-state index in [1.54, 1.807) is 0 Å². The van der Waals surface area contributed by atoms with Crippen LogP contribution in [-0.4, -0.2) is 29.1 Å². The van der Waals surface area contributed by atoms with Gasteiger partial charge in [-0.3, -0.25) is 4.90 Å². The van der Waals surface area contributed by atoms with E-state index in [4.69, 9.17) is 0 Å². The van der Waals surface area contributed by atoms with Crippen molar-refractivity contribution >= 4 is 12.4 Å². The molecule has 1 aliphatic rings. The molecule has 2 rings (SSSR count). The van der Waals surface area contributed by atoms with Crippen LogP contribution in [0, 0.1) is 0 Å². The number of aryl methyl sites for hydroxylation is 1. The Morgan fingerprint density at radius 1 is 1.20 bits per heavy atom. The van der Waals surface area contributed by atoms with Crippen molar-refractivity contribution in [3.8, 4) is 0 Å². The van der Waals surface area contributed by atoms with Gasteiger partial charge in [0.2, 0.25) is 0 Å². The number of aliphatic hydroxyl groups is 1. The van der Waals surface area contributed by atoms with Gasteiger partial charge in [-0.15, -0.1) is 12.4 Å². The van der Waals surface area contributed by atoms with E-state index in [0.29, 0.717) is 0 Å². The van der Waals surface area contributed by atoms with E-state index < -0.39 is 5.60 Å². The number of benzene rings is 1. The quantitative estimate of drug-likeness (QED) is 0.895. The molecule has 0 aliphatic heterocycles. The molecule has 0 unspecified atom stereocenters. The largest absolute Gasteiger partial charge is 0.384 e. The third-order valence-electron chi connectivity index (χ3n) is 4.36. The molecule has 0 bridgehead atoms. The summed E-state index contributed by atoms with van der Waals surface area (Å²) in [6.07, 6.45) is 4.44. The highest BCUT2D eigenvalue weighted by Gasteiger charge is 2.41. The van der Waals surface area contributed by atoms with E-state index in [1.165, 1.54) is 5.56 Å². The first-order chi connectivity index (χ1) is 9.11. The van der Waals surface area contributed by atoms with Gasteiger partial charge in [-0.2, -0.15) is 0 Å². The summed E-state index contributed by atoms with van der Waals surface area (Å²) < 4.78 is 0. The number of nitrogens with zero attached hydrogens (tertiary/aromatic N) is 1. The standard InChI is InChI=1S/C17H27NO.ClH/c1-4-12-18(13-5-2)16-11-10-14-8-6-7-9-15(14)17(16,3)19;/h6-9,16,19H,4-5,10-13H2,1-3H3;1H/t16-,17-;/m0./s1. The van der Waals surface area contributed by atoms with E-state index in [1.807, 2.05) is 13.0 Å². The molecule has 0 heterocycles. The molecular weight excluding hydrogens is 270 g/mol. The summed E-state index contributed by atoms with van der Waals surface area (Å²) in [6, 6.07) is 8.62. The second-order valence-corrected chi connectivity index (χ2v) is 5.90. The highest BCUT2D eigenvalue weighted by Crippen LogP contribution is 2.37. The van der Waals surface area contributed by atoms with Crippen molar-refractivity contribution in [2.75, 3.05) is 13.1 Å². The van der Waals surface area contributed by atoms with Gasteiger partial charge in [-0.05, 0) is 56.8 Å². The number of hydrogen-bond donors (Lipinski definition) is 1. The number of fused-ring (bicyclic) bond motifs is 1. The first-order valence-electron chi connectivity index (χ1n) is 7.66. The summed E-state index contributed by atoms with van der Waals surface area (Å²) in [6.45, 7) is 8.59. The maximum absolute atomic E-state index is 11.1. The van der Waals surface area contributed by atoms with Crippen LogP contribution < -0.4 is 0 Å². The zero-order valence-electron chi connectivity index (χ0n) is 12.9. The van der Waals surface area contributed by atoms with Crippen LogP contribution >= 0.6 is 12.4 Å². The second kappa shape index (κ2) is 7.44. The Labute approximate surface area is 129 Å². The van der Waals surface area contributed by atoms with Crippen molar-refractivity contribution in [1.29, 1.82) is 0 Å². The van der Waals surface area contributed by atoms with Crippen molar-refractivity contribution in [2.45, 2.75) is 58.1 Å². The van der Waals surface area contributed by atoms with Gasteiger partial charge in [0, 0.05) is 6.04 Å². The Morgan fingerprint density at radius 3 is 2.40 bits per heavy atom. The predicted molar refractivity (Wildman–Crippen MR) is 87.5 cm³/mol. The predicted octanol–water partition coefficient (Wildman–Crippen LogP) is 3.75. The fourth-order valence-electron chi connectivity index (χ4n) is 3.52. The van der Waals surface area contributed by atoms with Crippen LogP contribution in [0.4, 0.5) is 0 Å². The summed E-state index contributed by atoms with van der Waals surface area (Å²) >= 11 is 0. The first kappa shape index (κ1) is 17.5. The molecule has 0 radical (unpaired) electrons. The Kier molecular flexibility index (Phi) is 6.50. The Balaban J connectivity index is 0.00000200. The van der Waals surface area contributed by atoms with Crippen molar-refractivity contribution in [1.82, 2.24) is 4.90 Å². The number of rotatable bonds is 5. The summed E-state index contributed by atoms with van der Waals surface area (Å²) in [4.78, 5) is 2.48. The lowest BCUT2D eigenvalue weighted by atomic mass is 9.76. The Morgan fingerprint density at radius 2 is 1.80 bits per heavy atom. The molecule has 1 aromatic carbocycles. The monoisotopic (exact) mass is 297 g/mol. The van der Waals surface area contributed by atoms with E-state index in [2.05, 4.69) is 36.9 Å². The molecule has 2 nitrogen and oxygen atoms in total. The van der Waals surface area contributed by atoms with Crippen molar-refractivity contribution < 1.29 is 5.11 Å². The lowest BCUT2D eigenvalue weighted by Gasteiger charge is -2.45. The Hall–Kier alpha value is -0.570. The zero-order chi connectivity index (χ0) is 13.9. The van der Waals surface area contributed by atoms with Gasteiger partial charge in [0.25, 0.3) is 0 Å². The fourth-order valence-corrected chi connectivity index (χ4v) is 3.52. The number of hydrogen-bond acceptors (Lipinski definition) is 2. The maximum atomic E-state index is 11.1. The molecule has 0 spiro atoms. The molecule has 0 amide bonds. The second-order valence-electron chi connectivity index (χ2n) is 5.90. The smallest absolute Gasteiger partial charge is 0.103 e. The normalized spacial score (nSPS) is 25.1. The average Bonchev–Trinajstić information content (AvgIpc) is 2.39. The van der Waals surface area contributed by atoms with E-state index in [-0.39, 0.29) is 18.4 Å². The van der Waals surface area contributed by atoms with Crippen LogP contribution in [-0.2, 0) is 12.0 Å².